The highest BCUT2D eigenvalue weighted by atomic mass is 16.5. The van der Waals surface area contributed by atoms with Crippen LogP contribution in [0.25, 0.3) is 16.9 Å². The van der Waals surface area contributed by atoms with Gasteiger partial charge in [0.15, 0.2) is 5.65 Å². The van der Waals surface area contributed by atoms with E-state index in [9.17, 15) is 9.59 Å². The van der Waals surface area contributed by atoms with Gasteiger partial charge in [-0.2, -0.15) is 0 Å². The molecule has 180 valence electrons. The average Bonchev–Trinajstić information content (AvgIpc) is 3.26. The molecule has 0 spiro atoms. The van der Waals surface area contributed by atoms with E-state index < -0.39 is 11.3 Å². The number of carbonyl (C=O) groups is 2. The number of aryl methyl sites for hydroxylation is 1. The number of hydrogen-bond acceptors (Lipinski definition) is 6. The Hall–Kier alpha value is -4.24. The normalized spacial score (nSPS) is 11.3. The van der Waals surface area contributed by atoms with Crippen LogP contribution in [0.4, 0.5) is 11.5 Å². The summed E-state index contributed by atoms with van der Waals surface area (Å²) < 4.78 is 1.71. The minimum Gasteiger partial charge on any atom is -0.365 e. The largest absolute Gasteiger partial charge is 0.365 e. The van der Waals surface area contributed by atoms with Gasteiger partial charge in [0.2, 0.25) is 5.91 Å². The summed E-state index contributed by atoms with van der Waals surface area (Å²) in [4.78, 5) is 28.6. The molecule has 2 heterocycles. The molecule has 0 saturated heterocycles. The third-order valence-electron chi connectivity index (χ3n) is 5.57. The zero-order valence-corrected chi connectivity index (χ0v) is 20.1. The summed E-state index contributed by atoms with van der Waals surface area (Å²) in [6.07, 6.45) is 1.85. The zero-order valence-electron chi connectivity index (χ0n) is 20.1. The van der Waals surface area contributed by atoms with Gasteiger partial charge < -0.3 is 10.6 Å². The van der Waals surface area contributed by atoms with Gasteiger partial charge in [-0.15, -0.1) is 5.10 Å². The van der Waals surface area contributed by atoms with Gasteiger partial charge in [-0.05, 0) is 48.4 Å². The number of hydroxylamine groups is 1. The Morgan fingerprint density at radius 3 is 2.46 bits per heavy atom. The third-order valence-corrected chi connectivity index (χ3v) is 5.57. The van der Waals surface area contributed by atoms with Crippen LogP contribution in [-0.2, 0) is 11.3 Å². The summed E-state index contributed by atoms with van der Waals surface area (Å²) in [5.74, 6) is 0.0712. The van der Waals surface area contributed by atoms with Crippen LogP contribution in [0.15, 0.2) is 60.8 Å². The summed E-state index contributed by atoms with van der Waals surface area (Å²) in [5.41, 5.74) is 6.52. The lowest BCUT2D eigenvalue weighted by Crippen LogP contribution is -2.27. The van der Waals surface area contributed by atoms with Crippen molar-refractivity contribution in [1.29, 1.82) is 0 Å². The van der Waals surface area contributed by atoms with Crippen molar-refractivity contribution in [2.45, 2.75) is 34.2 Å². The van der Waals surface area contributed by atoms with Crippen LogP contribution in [0, 0.1) is 12.3 Å². The average molecular weight is 473 g/mol. The van der Waals surface area contributed by atoms with E-state index in [1.165, 1.54) is 0 Å². The molecule has 2 amide bonds. The molecule has 0 aliphatic rings. The monoisotopic (exact) mass is 472 g/mol. The van der Waals surface area contributed by atoms with Crippen LogP contribution in [0.2, 0.25) is 0 Å². The Labute approximate surface area is 203 Å². The van der Waals surface area contributed by atoms with Crippen molar-refractivity contribution >= 4 is 29.0 Å². The van der Waals surface area contributed by atoms with Crippen molar-refractivity contribution in [2.24, 2.45) is 5.41 Å². The summed E-state index contributed by atoms with van der Waals surface area (Å²) in [6, 6.07) is 16.5. The number of nitrogens with one attached hydrogen (secondary N) is 3. The number of fused-ring (bicyclic) bond motifs is 1. The molecule has 0 fully saturated rings. The first-order chi connectivity index (χ1) is 16.6. The van der Waals surface area contributed by atoms with Crippen LogP contribution in [0.3, 0.4) is 0 Å². The molecule has 0 bridgehead atoms. The second-order valence-electron chi connectivity index (χ2n) is 9.37. The predicted octanol–water partition coefficient (Wildman–Crippen LogP) is 4.42. The van der Waals surface area contributed by atoms with E-state index in [4.69, 9.17) is 5.21 Å². The molecule has 2 aromatic carbocycles. The Bertz CT molecular complexity index is 1390. The van der Waals surface area contributed by atoms with E-state index in [1.807, 2.05) is 64.2 Å². The van der Waals surface area contributed by atoms with Gasteiger partial charge in [-0.25, -0.2) is 15.0 Å². The number of imidazole rings is 1. The Morgan fingerprint density at radius 1 is 1.03 bits per heavy atom. The number of benzene rings is 2. The maximum Gasteiger partial charge on any atom is 0.274 e. The number of carbonyl (C=O) groups excluding carboxylic acids is 2. The van der Waals surface area contributed by atoms with Gasteiger partial charge >= 0.3 is 0 Å². The van der Waals surface area contributed by atoms with Crippen molar-refractivity contribution in [1.82, 2.24) is 20.1 Å². The van der Waals surface area contributed by atoms with E-state index in [0.717, 1.165) is 28.1 Å². The lowest BCUT2D eigenvalue weighted by molar-refractivity contribution is -0.123. The fourth-order valence-electron chi connectivity index (χ4n) is 3.37. The Kier molecular flexibility index (Phi) is 6.52. The number of anilines is 2. The molecule has 35 heavy (non-hydrogen) atoms. The number of rotatable bonds is 6. The van der Waals surface area contributed by atoms with E-state index in [-0.39, 0.29) is 5.91 Å². The first kappa shape index (κ1) is 23.9. The van der Waals surface area contributed by atoms with Gasteiger partial charge in [-0.3, -0.25) is 14.8 Å². The molecule has 0 aliphatic heterocycles. The predicted molar refractivity (Wildman–Crippen MR) is 134 cm³/mol. The summed E-state index contributed by atoms with van der Waals surface area (Å²) in [7, 11) is 0. The Balaban J connectivity index is 1.50. The van der Waals surface area contributed by atoms with Crippen LogP contribution in [0.1, 0.15) is 42.3 Å². The topological polar surface area (TPSA) is 121 Å². The second-order valence-corrected chi connectivity index (χ2v) is 9.37. The summed E-state index contributed by atoms with van der Waals surface area (Å²) >= 11 is 0. The van der Waals surface area contributed by atoms with Gasteiger partial charge in [0, 0.05) is 28.8 Å². The highest BCUT2D eigenvalue weighted by molar-refractivity contribution is 5.95. The van der Waals surface area contributed by atoms with Crippen molar-refractivity contribution < 1.29 is 14.8 Å². The van der Waals surface area contributed by atoms with Crippen LogP contribution in [0.5, 0.6) is 0 Å². The number of amides is 2. The minimum absolute atomic E-state index is 0.0450. The van der Waals surface area contributed by atoms with E-state index in [1.54, 1.807) is 34.3 Å². The molecule has 2 aromatic heterocycles. The molecular weight excluding hydrogens is 444 g/mol. The number of hydrogen-bond donors (Lipinski definition) is 4. The molecule has 0 unspecified atom stereocenters. The number of aromatic nitrogens is 3. The van der Waals surface area contributed by atoms with Crippen molar-refractivity contribution in [3.05, 3.63) is 77.5 Å². The van der Waals surface area contributed by atoms with Crippen molar-refractivity contribution in [3.63, 3.8) is 0 Å². The van der Waals surface area contributed by atoms with Gasteiger partial charge in [0.1, 0.15) is 5.82 Å². The maximum absolute atomic E-state index is 12.5. The molecule has 4 aromatic rings. The maximum atomic E-state index is 12.5. The van der Waals surface area contributed by atoms with E-state index >= 15 is 0 Å². The first-order valence-corrected chi connectivity index (χ1v) is 11.2. The van der Waals surface area contributed by atoms with Gasteiger partial charge in [0.25, 0.3) is 5.91 Å². The quantitative estimate of drug-likeness (QED) is 0.244. The lowest BCUT2D eigenvalue weighted by atomic mass is 9.95. The van der Waals surface area contributed by atoms with Gasteiger partial charge in [0.05, 0.1) is 11.9 Å². The molecule has 4 rings (SSSR count). The standard InChI is InChI=1S/C26H28N6O3/c1-16-5-8-19(13-20(16)29-25(34)26(2,3)4)21-15-32-23(28-21)12-11-22(30-32)27-14-17-6-9-18(10-7-17)24(33)31-35/h5-13,15,35H,14H2,1-4H3,(H,27,30)(H,29,34)(H,31,33). The fraction of sp³-hybridized carbons (Fsp3) is 0.231. The molecule has 0 radical (unpaired) electrons. The molecule has 0 aliphatic carbocycles. The SMILES string of the molecule is Cc1ccc(-c2cn3nc(NCc4ccc(C(=O)NO)cc4)ccc3n2)cc1NC(=O)C(C)(C)C. The molecule has 0 saturated carbocycles. The van der Waals surface area contributed by atoms with Crippen molar-refractivity contribution in [2.75, 3.05) is 10.6 Å². The van der Waals surface area contributed by atoms with Crippen LogP contribution in [-0.4, -0.2) is 31.6 Å². The smallest absolute Gasteiger partial charge is 0.274 e. The van der Waals surface area contributed by atoms with Crippen molar-refractivity contribution in [3.8, 4) is 11.3 Å². The first-order valence-electron chi connectivity index (χ1n) is 11.2. The third kappa shape index (κ3) is 5.47. The zero-order chi connectivity index (χ0) is 25.2. The molecule has 9 nitrogen and oxygen atoms in total. The molecular formula is C26H28N6O3. The molecule has 0 atom stereocenters. The highest BCUT2D eigenvalue weighted by Crippen LogP contribution is 2.27. The van der Waals surface area contributed by atoms with E-state index in [0.29, 0.717) is 23.6 Å². The lowest BCUT2D eigenvalue weighted by Gasteiger charge is -2.19. The summed E-state index contributed by atoms with van der Waals surface area (Å²) in [6.45, 7) is 8.11. The van der Waals surface area contributed by atoms with Crippen LogP contribution < -0.4 is 16.1 Å². The summed E-state index contributed by atoms with van der Waals surface area (Å²) in [5, 5.41) is 19.6. The van der Waals surface area contributed by atoms with E-state index in [2.05, 4.69) is 20.7 Å². The highest BCUT2D eigenvalue weighted by Gasteiger charge is 2.22. The van der Waals surface area contributed by atoms with Crippen LogP contribution >= 0.6 is 0 Å². The number of nitrogens with zero attached hydrogens (tertiary/aromatic N) is 3. The Morgan fingerprint density at radius 2 is 1.77 bits per heavy atom. The fourth-order valence-corrected chi connectivity index (χ4v) is 3.37. The molecule has 4 N–H and O–H groups in total. The van der Waals surface area contributed by atoms with Gasteiger partial charge in [-0.1, -0.05) is 45.0 Å². The minimum atomic E-state index is -0.551. The second kappa shape index (κ2) is 9.55. The molecule has 9 heteroatoms.